The Balaban J connectivity index is 1.30. The van der Waals surface area contributed by atoms with Crippen LogP contribution >= 0.6 is 24.4 Å². The van der Waals surface area contributed by atoms with Crippen LogP contribution in [0.25, 0.3) is 10.8 Å². The van der Waals surface area contributed by atoms with E-state index in [1.165, 1.54) is 43.5 Å². The lowest BCUT2D eigenvalue weighted by atomic mass is 10.1. The molecule has 0 heterocycles. The molecule has 71 heavy (non-hydrogen) atoms. The van der Waals surface area contributed by atoms with Crippen molar-refractivity contribution in [3.63, 3.8) is 0 Å². The number of nitrogen functional groups attached to an aromatic ring is 2. The summed E-state index contributed by atoms with van der Waals surface area (Å²) in [7, 11) is -17.5. The fourth-order valence-electron chi connectivity index (χ4n) is 5.93. The summed E-state index contributed by atoms with van der Waals surface area (Å²) in [5.74, 6) is -1.30. The molecule has 28 nitrogen and oxygen atoms in total. The highest BCUT2D eigenvalue weighted by Gasteiger charge is 2.27. The van der Waals surface area contributed by atoms with E-state index in [4.69, 9.17) is 30.9 Å². The Labute approximate surface area is 409 Å². The lowest BCUT2D eigenvalue weighted by Crippen LogP contribution is -2.12. The van der Waals surface area contributed by atoms with Crippen LogP contribution in [0, 0.1) is 0 Å². The molecular weight excluding hydrogens is 1070 g/mol. The maximum atomic E-state index is 13.3. The van der Waals surface area contributed by atoms with Crippen LogP contribution in [0.3, 0.4) is 0 Å². The van der Waals surface area contributed by atoms with E-state index < -0.39 is 101 Å². The molecular formula is C37H33N9O19S6. The first-order chi connectivity index (χ1) is 33.6. The molecule has 6 rings (SSSR count). The third-order valence-corrected chi connectivity index (χ3v) is 14.9. The largest absolute Gasteiger partial charge is 0.505 e. The number of phenols is 1. The third kappa shape index (κ3) is 13.5. The van der Waals surface area contributed by atoms with Gasteiger partial charge in [0.05, 0.1) is 68.6 Å². The van der Waals surface area contributed by atoms with Gasteiger partial charge in [0.2, 0.25) is 0 Å². The summed E-state index contributed by atoms with van der Waals surface area (Å²) < 4.78 is 143. The number of ether oxygens (including phenoxy) is 1. The molecule has 0 aromatic heterocycles. The van der Waals surface area contributed by atoms with Crippen LogP contribution in [0.4, 0.5) is 51.2 Å². The number of nitrogens with two attached hydrogens (primary N) is 2. The van der Waals surface area contributed by atoms with E-state index in [-0.39, 0.29) is 50.9 Å². The van der Waals surface area contributed by atoms with Crippen molar-refractivity contribution >= 4 is 126 Å². The third-order valence-electron chi connectivity index (χ3n) is 9.12. The van der Waals surface area contributed by atoms with E-state index in [1.807, 2.05) is 0 Å². The van der Waals surface area contributed by atoms with Crippen molar-refractivity contribution in [1.82, 2.24) is 0 Å². The molecule has 0 spiro atoms. The first-order valence-electron chi connectivity index (χ1n) is 18.8. The van der Waals surface area contributed by atoms with Crippen molar-refractivity contribution < 1.29 is 86.1 Å². The second kappa shape index (κ2) is 22.7. The van der Waals surface area contributed by atoms with E-state index in [2.05, 4.69) is 54.2 Å². The van der Waals surface area contributed by atoms with Crippen LogP contribution in [-0.2, 0) is 63.0 Å². The average molecular weight is 1100 g/mol. The van der Waals surface area contributed by atoms with Crippen LogP contribution in [-0.4, -0.2) is 77.9 Å². The van der Waals surface area contributed by atoms with Crippen molar-refractivity contribution in [2.45, 2.75) is 24.5 Å². The van der Waals surface area contributed by atoms with Gasteiger partial charge in [-0.1, -0.05) is 10.1 Å². The van der Waals surface area contributed by atoms with Gasteiger partial charge in [-0.25, -0.2) is 27.4 Å². The fraction of sp³-hybridized carbons (Fsp3) is 0.0811. The highest BCUT2D eigenvalue weighted by Crippen LogP contribution is 2.50. The number of anilines is 3. The number of nitrogens with zero attached hydrogens (tertiary/aromatic N) is 6. The molecule has 6 aromatic rings. The van der Waals surface area contributed by atoms with Crippen molar-refractivity contribution in [2.24, 2.45) is 30.7 Å². The number of azo groups is 3. The minimum absolute atomic E-state index is 0.0626. The molecule has 0 aliphatic rings. The van der Waals surface area contributed by atoms with Crippen LogP contribution in [0.1, 0.15) is 0 Å². The summed E-state index contributed by atoms with van der Waals surface area (Å²) in [5.41, 5.74) is 10.8. The van der Waals surface area contributed by atoms with Crippen LogP contribution < -0.4 is 20.9 Å². The van der Waals surface area contributed by atoms with Gasteiger partial charge in [0.25, 0.3) is 30.3 Å². The molecule has 10 N–H and O–H groups in total. The summed E-state index contributed by atoms with van der Waals surface area (Å²) in [4.78, 5) is -3.23. The average Bonchev–Trinajstić information content (AvgIpc) is 3.31. The number of fused-ring (bicyclic) bond motifs is 1. The second-order valence-corrected chi connectivity index (χ2v) is 21.5. The SMILES string of the molecule is COc1cc(N)ccc1N=Nc1ccc(NS(=O)(=O)c2ccc(N=Nc3c(S(=O)(=O)O)cc4cc(SOOO)c(N=Nc5ccc(S(=O)(=O)CCOSOOO)cc5S(=O)(=O)O)c(O)c4c3N)cc2)cc1. The number of phenolic OH excluding ortho intramolecular Hbond substituents is 1. The standard InChI is InChI=1S/C37H33N9O19S6/c1-60-29-18-21(38)2-12-27(29)42-40-22-3-5-24(6-4-22)46-69(52,53)25-9-7-23(8-10-25)41-45-36-32(71(57,58)59)17-20-16-30(66-64-62-48)35(37(47)33(20)34(36)39)44-43-28-13-11-26(19-31(28)70(54,55)56)68(50,51)15-14-61-67-65-63-49/h2-13,16-19,46-49H,14-15,38-39H2,1H3,(H,54,55,56)(H,57,58,59). The lowest BCUT2D eigenvalue weighted by Gasteiger charge is -2.14. The Kier molecular flexibility index (Phi) is 17.2. The molecule has 0 unspecified atom stereocenters. The molecule has 0 saturated carbocycles. The van der Waals surface area contributed by atoms with Gasteiger partial charge in [0, 0.05) is 17.4 Å². The summed E-state index contributed by atoms with van der Waals surface area (Å²) in [5, 5.41) is 58.5. The van der Waals surface area contributed by atoms with Gasteiger partial charge < -0.3 is 21.3 Å². The van der Waals surface area contributed by atoms with E-state index in [1.54, 1.807) is 18.2 Å². The molecule has 0 saturated heterocycles. The zero-order valence-corrected chi connectivity index (χ0v) is 40.3. The summed E-state index contributed by atoms with van der Waals surface area (Å²) >= 11 is 0.227. The number of sulfone groups is 1. The molecule has 0 bridgehead atoms. The Morgan fingerprint density at radius 1 is 0.648 bits per heavy atom. The Morgan fingerprint density at radius 3 is 1.87 bits per heavy atom. The Bertz CT molecular complexity index is 3520. The van der Waals surface area contributed by atoms with E-state index in [9.17, 15) is 47.9 Å². The summed E-state index contributed by atoms with van der Waals surface area (Å²) in [6.45, 7) is -0.547. The van der Waals surface area contributed by atoms with Crippen LogP contribution in [0.5, 0.6) is 11.5 Å². The van der Waals surface area contributed by atoms with Crippen LogP contribution in [0.15, 0.2) is 152 Å². The molecule has 34 heteroatoms. The minimum Gasteiger partial charge on any atom is -0.505 e. The van der Waals surface area contributed by atoms with Crippen molar-refractivity contribution in [2.75, 3.05) is 35.7 Å². The minimum atomic E-state index is -5.25. The fourth-order valence-corrected chi connectivity index (χ4v) is 10.3. The number of rotatable bonds is 22. The van der Waals surface area contributed by atoms with Gasteiger partial charge in [0.15, 0.2) is 27.9 Å². The highest BCUT2D eigenvalue weighted by atomic mass is 32.2. The Hall–Kier alpha value is -6.48. The number of sulfonamides is 1. The zero-order valence-electron chi connectivity index (χ0n) is 35.4. The van der Waals surface area contributed by atoms with Gasteiger partial charge in [-0.15, -0.1) is 29.1 Å². The number of aromatic hydroxyl groups is 1. The number of nitrogens with one attached hydrogen (secondary N) is 1. The quantitative estimate of drug-likeness (QED) is 0.00600. The predicted octanol–water partition coefficient (Wildman–Crippen LogP) is 8.46. The number of hydrogen-bond acceptors (Lipinski definition) is 27. The van der Waals surface area contributed by atoms with Gasteiger partial charge in [-0.3, -0.25) is 18.0 Å². The second-order valence-electron chi connectivity index (χ2n) is 13.6. The number of hydrogen-bond donors (Lipinski definition) is 8. The molecule has 376 valence electrons. The van der Waals surface area contributed by atoms with Gasteiger partial charge in [-0.2, -0.15) is 27.1 Å². The van der Waals surface area contributed by atoms with E-state index in [0.717, 1.165) is 36.4 Å². The summed E-state index contributed by atoms with van der Waals surface area (Å²) in [6, 6.07) is 19.5. The monoisotopic (exact) mass is 1100 g/mol. The molecule has 0 radical (unpaired) electrons. The zero-order chi connectivity index (χ0) is 51.7. The highest BCUT2D eigenvalue weighted by molar-refractivity contribution is 7.94. The lowest BCUT2D eigenvalue weighted by molar-refractivity contribution is -0.434. The van der Waals surface area contributed by atoms with E-state index >= 15 is 0 Å². The molecule has 0 fully saturated rings. The summed E-state index contributed by atoms with van der Waals surface area (Å²) in [6.07, 6.45) is 0. The molecule has 0 amide bonds. The van der Waals surface area contributed by atoms with Crippen molar-refractivity contribution in [1.29, 1.82) is 0 Å². The molecule has 0 aliphatic carbocycles. The Morgan fingerprint density at radius 2 is 1.24 bits per heavy atom. The number of benzene rings is 6. The molecule has 0 atom stereocenters. The molecule has 0 aliphatic heterocycles. The predicted molar refractivity (Wildman–Crippen MR) is 251 cm³/mol. The normalized spacial score (nSPS) is 12.7. The topological polar surface area (TPSA) is 431 Å². The van der Waals surface area contributed by atoms with Crippen molar-refractivity contribution in [3.05, 3.63) is 97.1 Å². The van der Waals surface area contributed by atoms with Crippen molar-refractivity contribution in [3.8, 4) is 11.5 Å². The smallest absolute Gasteiger partial charge is 0.296 e. The van der Waals surface area contributed by atoms with Gasteiger partial charge in [0.1, 0.15) is 38.3 Å². The van der Waals surface area contributed by atoms with Gasteiger partial charge in [-0.05, 0) is 96.4 Å². The van der Waals surface area contributed by atoms with Gasteiger partial charge >= 0.3 is 0 Å². The first-order valence-corrected chi connectivity index (χ1v) is 26.3. The first kappa shape index (κ1) is 53.9. The maximum absolute atomic E-state index is 13.3. The maximum Gasteiger partial charge on any atom is 0.296 e. The van der Waals surface area contributed by atoms with Crippen LogP contribution in [0.2, 0.25) is 0 Å². The molecule has 6 aromatic carbocycles. The number of methoxy groups -OCH3 is 1. The van der Waals surface area contributed by atoms with E-state index in [0.29, 0.717) is 28.9 Å².